The second-order valence-electron chi connectivity index (χ2n) is 9.16. The average Bonchev–Trinajstić information content (AvgIpc) is 2.74. The van der Waals surface area contributed by atoms with Gasteiger partial charge in [0.25, 0.3) is 5.56 Å². The number of hydrogen-bond donors (Lipinski definition) is 3. The highest BCUT2D eigenvalue weighted by Crippen LogP contribution is 2.36. The molecule has 1 aromatic carbocycles. The number of allylic oxidation sites excluding steroid dienone is 2. The van der Waals surface area contributed by atoms with Crippen LogP contribution < -0.4 is 21.7 Å². The van der Waals surface area contributed by atoms with Crippen LogP contribution >= 0.6 is 11.9 Å². The van der Waals surface area contributed by atoms with E-state index in [4.69, 9.17) is 4.79 Å². The number of primary amides is 1. The van der Waals surface area contributed by atoms with E-state index in [1.54, 1.807) is 11.9 Å². The fraction of sp³-hybridized carbons (Fsp3) is 0.560. The summed E-state index contributed by atoms with van der Waals surface area (Å²) in [5, 5.41) is 0.535. The van der Waals surface area contributed by atoms with E-state index >= 15 is 0 Å². The predicted molar refractivity (Wildman–Crippen MR) is 140 cm³/mol. The number of fused-ring (bicyclic) bond motifs is 1. The Labute approximate surface area is 201 Å². The van der Waals surface area contributed by atoms with Crippen LogP contribution in [0.4, 0.5) is 0 Å². The van der Waals surface area contributed by atoms with E-state index < -0.39 is 5.54 Å². The first kappa shape index (κ1) is 28.7. The van der Waals surface area contributed by atoms with Crippen molar-refractivity contribution < 1.29 is 4.79 Å². The molecule has 1 unspecified atom stereocenters. The molecule has 0 bridgehead atoms. The van der Waals surface area contributed by atoms with Crippen molar-refractivity contribution in [1.29, 1.82) is 0 Å². The van der Waals surface area contributed by atoms with Gasteiger partial charge in [-0.3, -0.25) is 18.9 Å². The molecule has 0 aliphatic carbocycles. The minimum absolute atomic E-state index is 0.250. The lowest BCUT2D eigenvalue weighted by atomic mass is 9.74. The first-order valence-corrected chi connectivity index (χ1v) is 12.3. The third kappa shape index (κ3) is 7.08. The van der Waals surface area contributed by atoms with Crippen LogP contribution in [0.5, 0.6) is 0 Å². The third-order valence-electron chi connectivity index (χ3n) is 6.33. The van der Waals surface area contributed by atoms with Crippen molar-refractivity contribution in [3.05, 3.63) is 51.2 Å². The van der Waals surface area contributed by atoms with Gasteiger partial charge in [0.05, 0.1) is 16.4 Å². The van der Waals surface area contributed by atoms with Crippen LogP contribution in [0.25, 0.3) is 10.9 Å². The summed E-state index contributed by atoms with van der Waals surface area (Å²) in [5.41, 5.74) is 3.03. The number of nitrogens with one attached hydrogen (secondary N) is 2. The lowest BCUT2D eigenvalue weighted by Gasteiger charge is -2.40. The van der Waals surface area contributed by atoms with Crippen LogP contribution in [0.1, 0.15) is 74.1 Å². The van der Waals surface area contributed by atoms with Crippen LogP contribution in [0.3, 0.4) is 0 Å². The zero-order valence-electron chi connectivity index (χ0n) is 21.0. The van der Waals surface area contributed by atoms with Gasteiger partial charge in [0, 0.05) is 16.4 Å². The highest BCUT2D eigenvalue weighted by Gasteiger charge is 2.39. The summed E-state index contributed by atoms with van der Waals surface area (Å²) in [7, 11) is 0. The molecule has 1 amide bonds. The summed E-state index contributed by atoms with van der Waals surface area (Å²) in [6.07, 6.45) is 8.85. The van der Waals surface area contributed by atoms with Gasteiger partial charge in [-0.15, -0.1) is 0 Å². The van der Waals surface area contributed by atoms with E-state index in [2.05, 4.69) is 29.3 Å². The fourth-order valence-corrected chi connectivity index (χ4v) is 4.52. The zero-order chi connectivity index (χ0) is 25.2. The number of benzene rings is 1. The molecule has 1 aromatic heterocycles. The third-order valence-corrected chi connectivity index (χ3v) is 7.27. The molecule has 0 saturated heterocycles. The molecule has 0 fully saturated rings. The number of H-pyrrole nitrogens is 1. The summed E-state index contributed by atoms with van der Waals surface area (Å²) in [6, 6.07) is 6.09. The molecule has 33 heavy (non-hydrogen) atoms. The van der Waals surface area contributed by atoms with Gasteiger partial charge in [-0.05, 0) is 63.8 Å². The molecule has 1 atom stereocenters. The Balaban J connectivity index is 0.00000172. The smallest absolute Gasteiger partial charge is 0.329 e. The van der Waals surface area contributed by atoms with Gasteiger partial charge in [-0.2, -0.15) is 0 Å². The minimum Gasteiger partial charge on any atom is -0.372 e. The normalized spacial score (nSPS) is 13.1. The number of carbonyl (C=O) groups is 1. The van der Waals surface area contributed by atoms with Crippen molar-refractivity contribution in [3.63, 3.8) is 0 Å². The molecule has 2 aromatic rings. The summed E-state index contributed by atoms with van der Waals surface area (Å²) in [5.74, 6) is 0. The molecule has 7 nitrogen and oxygen atoms in total. The first-order valence-electron chi connectivity index (χ1n) is 11.5. The van der Waals surface area contributed by atoms with Crippen LogP contribution in [-0.2, 0) is 10.3 Å². The number of nitrogens with two attached hydrogens (primary N) is 1. The van der Waals surface area contributed by atoms with E-state index in [-0.39, 0.29) is 23.1 Å². The number of unbranched alkanes of at least 4 members (excludes halogenated alkanes) is 1. The van der Waals surface area contributed by atoms with Crippen molar-refractivity contribution in [2.75, 3.05) is 0 Å². The Bertz CT molecular complexity index is 1050. The summed E-state index contributed by atoms with van der Waals surface area (Å²) >= 11 is 1.56. The molecule has 0 aliphatic heterocycles. The molecular weight excluding hydrogens is 436 g/mol. The first-order chi connectivity index (χ1) is 15.5. The Hall–Kier alpha value is -2.32. The highest BCUT2D eigenvalue weighted by atomic mass is 32.2. The monoisotopic (exact) mass is 476 g/mol. The zero-order valence-corrected chi connectivity index (χ0v) is 21.8. The van der Waals surface area contributed by atoms with E-state index in [1.807, 2.05) is 65.0 Å². The Morgan fingerprint density at radius 3 is 2.39 bits per heavy atom. The van der Waals surface area contributed by atoms with Crippen LogP contribution in [0, 0.1) is 5.41 Å². The summed E-state index contributed by atoms with van der Waals surface area (Å²) < 4.78 is 4.90. The standard InChI is InChI=1S/C24H37N3O2S.CH3NO/c1-8-11-12-17(10-3)26-30-18-13-14-20-19(16-18)21(28)27(22(29)25-20)24(6,7)23(4,5)15-9-2;2-1-3/h9,13-17,26H,8,10-12H2,1-7H3,(H,25,29);1H,(H2,2,3)/b15-9+;. The van der Waals surface area contributed by atoms with E-state index in [0.29, 0.717) is 16.9 Å². The van der Waals surface area contributed by atoms with E-state index in [9.17, 15) is 9.59 Å². The van der Waals surface area contributed by atoms with Crippen molar-refractivity contribution in [3.8, 4) is 0 Å². The number of hydrogen-bond acceptors (Lipinski definition) is 5. The summed E-state index contributed by atoms with van der Waals surface area (Å²) in [6.45, 7) is 14.3. The van der Waals surface area contributed by atoms with Crippen LogP contribution in [0.15, 0.2) is 44.8 Å². The summed E-state index contributed by atoms with van der Waals surface area (Å²) in [4.78, 5) is 38.7. The Morgan fingerprint density at radius 1 is 1.21 bits per heavy atom. The number of aromatic nitrogens is 2. The van der Waals surface area contributed by atoms with Gasteiger partial charge >= 0.3 is 5.69 Å². The number of amides is 1. The van der Waals surface area contributed by atoms with Crippen molar-refractivity contribution >= 4 is 29.3 Å². The average molecular weight is 477 g/mol. The Morgan fingerprint density at radius 2 is 1.85 bits per heavy atom. The van der Waals surface area contributed by atoms with Crippen molar-refractivity contribution in [2.24, 2.45) is 11.1 Å². The van der Waals surface area contributed by atoms with Gasteiger partial charge in [0.15, 0.2) is 0 Å². The quantitative estimate of drug-likeness (QED) is 0.262. The molecule has 0 radical (unpaired) electrons. The van der Waals surface area contributed by atoms with Gasteiger partial charge in [-0.1, -0.05) is 52.7 Å². The largest absolute Gasteiger partial charge is 0.372 e. The lowest BCUT2D eigenvalue weighted by Crippen LogP contribution is -2.52. The fourth-order valence-electron chi connectivity index (χ4n) is 3.62. The maximum absolute atomic E-state index is 13.4. The molecule has 0 saturated carbocycles. The second-order valence-corrected chi connectivity index (χ2v) is 10.1. The van der Waals surface area contributed by atoms with Crippen molar-refractivity contribution in [2.45, 2.75) is 90.6 Å². The number of aromatic amines is 1. The molecule has 2 rings (SSSR count). The molecule has 1 heterocycles. The van der Waals surface area contributed by atoms with Gasteiger partial charge in [0.2, 0.25) is 6.41 Å². The van der Waals surface area contributed by atoms with E-state index in [1.165, 1.54) is 17.4 Å². The molecular formula is C25H40N4O3S. The minimum atomic E-state index is -0.701. The molecule has 4 N–H and O–H groups in total. The van der Waals surface area contributed by atoms with Crippen molar-refractivity contribution in [1.82, 2.24) is 14.3 Å². The molecule has 8 heteroatoms. The predicted octanol–water partition coefficient (Wildman–Crippen LogP) is 4.69. The van der Waals surface area contributed by atoms with E-state index in [0.717, 1.165) is 17.7 Å². The SMILES string of the molecule is C/C=C/C(C)(C)C(C)(C)n1c(=O)[nH]c2ccc(SNC(CC)CCCC)cc2c1=O.NC=O. The molecule has 184 valence electrons. The highest BCUT2D eigenvalue weighted by molar-refractivity contribution is 7.97. The number of nitrogens with zero attached hydrogens (tertiary/aromatic N) is 1. The molecule has 0 aliphatic rings. The van der Waals surface area contributed by atoms with Crippen LogP contribution in [-0.4, -0.2) is 22.0 Å². The second kappa shape index (κ2) is 12.8. The van der Waals surface area contributed by atoms with Gasteiger partial charge in [0.1, 0.15) is 0 Å². The lowest BCUT2D eigenvalue weighted by molar-refractivity contribution is -0.106. The molecule has 0 spiro atoms. The maximum Gasteiger partial charge on any atom is 0.329 e. The van der Waals surface area contributed by atoms with Gasteiger partial charge in [-0.25, -0.2) is 4.79 Å². The topological polar surface area (TPSA) is 110 Å². The number of carbonyl (C=O) groups excluding carboxylic acids is 1. The number of rotatable bonds is 10. The van der Waals surface area contributed by atoms with Crippen LogP contribution in [0.2, 0.25) is 0 Å². The maximum atomic E-state index is 13.4. The Kier molecular flexibility index (Phi) is 11.1. The van der Waals surface area contributed by atoms with Gasteiger partial charge < -0.3 is 10.7 Å².